The Morgan fingerprint density at radius 1 is 1.11 bits per heavy atom. The minimum absolute atomic E-state index is 0.337. The van der Waals surface area contributed by atoms with Gasteiger partial charge in [-0.25, -0.2) is 0 Å². The Hall–Kier alpha value is -1.31. The number of aliphatic hydroxyl groups is 4. The summed E-state index contributed by atoms with van der Waals surface area (Å²) in [5.74, 6) is 0. The molecule has 1 unspecified atom stereocenters. The summed E-state index contributed by atoms with van der Waals surface area (Å²) in [5.41, 5.74) is 0.916. The molecule has 0 bridgehead atoms. The first kappa shape index (κ1) is 15.7. The third-order valence-electron chi connectivity index (χ3n) is 2.83. The maximum absolute atomic E-state index is 10.9. The number of hydrogen-bond donors (Lipinski definition) is 5. The van der Waals surface area contributed by atoms with Crippen LogP contribution in [0.3, 0.4) is 0 Å². The number of carbonyl (C=O) groups excluding carboxylic acids is 1. The zero-order valence-corrected chi connectivity index (χ0v) is 10.4. The van der Waals surface area contributed by atoms with E-state index in [0.29, 0.717) is 12.8 Å². The van der Waals surface area contributed by atoms with Gasteiger partial charge in [0.05, 0.1) is 12.6 Å². The molecule has 6 nitrogen and oxygen atoms in total. The van der Waals surface area contributed by atoms with Crippen LogP contribution in [0.2, 0.25) is 0 Å². The minimum Gasteiger partial charge on any atom is -0.394 e. The third kappa shape index (κ3) is 4.70. The van der Waals surface area contributed by atoms with Crippen molar-refractivity contribution in [2.24, 2.45) is 0 Å². The number of carbonyl (C=O) groups is 1. The van der Waals surface area contributed by atoms with Gasteiger partial charge in [-0.15, -0.1) is 0 Å². The summed E-state index contributed by atoms with van der Waals surface area (Å²) >= 11 is 0. The quantitative estimate of drug-likeness (QED) is 0.364. The van der Waals surface area contributed by atoms with Crippen LogP contribution in [0.1, 0.15) is 5.56 Å². The number of benzene rings is 1. The van der Waals surface area contributed by atoms with Gasteiger partial charge in [0, 0.05) is 6.54 Å². The van der Waals surface area contributed by atoms with Crippen LogP contribution in [-0.4, -0.2) is 57.7 Å². The van der Waals surface area contributed by atoms with E-state index in [4.69, 9.17) is 5.11 Å². The molecule has 1 aromatic rings. The lowest BCUT2D eigenvalue weighted by Gasteiger charge is -2.26. The number of aldehydes is 1. The predicted molar refractivity (Wildman–Crippen MR) is 68.2 cm³/mol. The lowest BCUT2D eigenvalue weighted by molar-refractivity contribution is -0.120. The van der Waals surface area contributed by atoms with Gasteiger partial charge in [-0.3, -0.25) is 0 Å². The van der Waals surface area contributed by atoms with Crippen molar-refractivity contribution in [1.82, 2.24) is 5.32 Å². The van der Waals surface area contributed by atoms with Crippen LogP contribution >= 0.6 is 0 Å². The molecule has 1 rings (SSSR count). The lowest BCUT2D eigenvalue weighted by Crippen LogP contribution is -2.51. The van der Waals surface area contributed by atoms with E-state index in [1.54, 1.807) is 0 Å². The largest absolute Gasteiger partial charge is 0.394 e. The second-order valence-electron chi connectivity index (χ2n) is 4.26. The highest BCUT2D eigenvalue weighted by atomic mass is 16.4. The summed E-state index contributed by atoms with van der Waals surface area (Å²) in [6, 6.07) is 8.20. The second-order valence-corrected chi connectivity index (χ2v) is 4.26. The maximum Gasteiger partial charge on any atom is 0.139 e. The Balaban J connectivity index is 2.55. The first-order valence-corrected chi connectivity index (χ1v) is 5.97. The number of rotatable bonds is 8. The summed E-state index contributed by atoms with van der Waals surface area (Å²) in [4.78, 5) is 10.9. The van der Waals surface area contributed by atoms with Gasteiger partial charge in [-0.1, -0.05) is 30.3 Å². The molecule has 0 aliphatic carbocycles. The summed E-state index contributed by atoms with van der Waals surface area (Å²) in [6.45, 7) is -0.355. The molecular weight excluding hydrogens is 250 g/mol. The minimum atomic E-state index is -1.59. The standard InChI is InChI=1S/C13H19NO5/c15-7-10(12(18)13(19)11(17)8-16)14-6-9-4-2-1-3-5-9/h1-5,7,10-14,16-19H,6,8H2/t10-,11?,12+,13+/m0/s1. The summed E-state index contributed by atoms with van der Waals surface area (Å²) in [7, 11) is 0. The van der Waals surface area contributed by atoms with Crippen LogP contribution < -0.4 is 5.32 Å². The van der Waals surface area contributed by atoms with Crippen molar-refractivity contribution >= 4 is 6.29 Å². The lowest BCUT2D eigenvalue weighted by atomic mass is 10.0. The smallest absolute Gasteiger partial charge is 0.139 e. The molecule has 4 atom stereocenters. The number of aliphatic hydroxyl groups excluding tert-OH is 4. The summed E-state index contributed by atoms with van der Waals surface area (Å²) < 4.78 is 0. The predicted octanol–water partition coefficient (Wildman–Crippen LogP) is -1.58. The van der Waals surface area contributed by atoms with E-state index in [0.717, 1.165) is 5.56 Å². The van der Waals surface area contributed by atoms with Crippen molar-refractivity contribution in [2.45, 2.75) is 30.9 Å². The van der Waals surface area contributed by atoms with Crippen molar-refractivity contribution in [3.63, 3.8) is 0 Å². The molecule has 106 valence electrons. The van der Waals surface area contributed by atoms with E-state index < -0.39 is 31.0 Å². The fourth-order valence-corrected chi connectivity index (χ4v) is 1.63. The van der Waals surface area contributed by atoms with Crippen LogP contribution in [0.25, 0.3) is 0 Å². The molecule has 0 saturated carbocycles. The Kier molecular flexibility index (Phi) is 6.61. The van der Waals surface area contributed by atoms with Crippen LogP contribution in [0.5, 0.6) is 0 Å². The Labute approximate surface area is 111 Å². The highest BCUT2D eigenvalue weighted by Crippen LogP contribution is 2.05. The van der Waals surface area contributed by atoms with E-state index in [1.807, 2.05) is 30.3 Å². The average molecular weight is 269 g/mol. The van der Waals surface area contributed by atoms with E-state index in [9.17, 15) is 20.1 Å². The molecule has 5 N–H and O–H groups in total. The fourth-order valence-electron chi connectivity index (χ4n) is 1.63. The molecule has 0 fully saturated rings. The van der Waals surface area contributed by atoms with Gasteiger partial charge in [0.15, 0.2) is 0 Å². The molecule has 0 amide bonds. The highest BCUT2D eigenvalue weighted by Gasteiger charge is 2.30. The second kappa shape index (κ2) is 7.98. The van der Waals surface area contributed by atoms with Crippen molar-refractivity contribution in [2.75, 3.05) is 6.61 Å². The monoisotopic (exact) mass is 269 g/mol. The topological polar surface area (TPSA) is 110 Å². The molecule has 0 aliphatic rings. The molecule has 0 saturated heterocycles. The molecule has 6 heteroatoms. The average Bonchev–Trinajstić information content (AvgIpc) is 2.47. The molecule has 19 heavy (non-hydrogen) atoms. The van der Waals surface area contributed by atoms with Gasteiger partial charge in [-0.2, -0.15) is 0 Å². The van der Waals surface area contributed by atoms with Gasteiger partial charge in [0.1, 0.15) is 24.6 Å². The van der Waals surface area contributed by atoms with Crippen molar-refractivity contribution < 1.29 is 25.2 Å². The van der Waals surface area contributed by atoms with Gasteiger partial charge in [0.2, 0.25) is 0 Å². The van der Waals surface area contributed by atoms with Gasteiger partial charge in [-0.05, 0) is 5.56 Å². The van der Waals surface area contributed by atoms with E-state index in [2.05, 4.69) is 5.32 Å². The van der Waals surface area contributed by atoms with Crippen LogP contribution in [0.15, 0.2) is 30.3 Å². The first-order valence-electron chi connectivity index (χ1n) is 5.97. The normalized spacial score (nSPS) is 17.5. The van der Waals surface area contributed by atoms with Crippen LogP contribution in [0.4, 0.5) is 0 Å². The van der Waals surface area contributed by atoms with Gasteiger partial charge >= 0.3 is 0 Å². The molecule has 0 radical (unpaired) electrons. The van der Waals surface area contributed by atoms with E-state index in [1.165, 1.54) is 0 Å². The molecule has 1 aromatic carbocycles. The summed E-state index contributed by atoms with van der Waals surface area (Å²) in [6.07, 6.45) is -4.12. The molecule has 0 heterocycles. The van der Waals surface area contributed by atoms with Crippen molar-refractivity contribution in [1.29, 1.82) is 0 Å². The molecule has 0 aromatic heterocycles. The molecular formula is C13H19NO5. The zero-order valence-electron chi connectivity index (χ0n) is 10.4. The van der Waals surface area contributed by atoms with Crippen LogP contribution in [0, 0.1) is 0 Å². The van der Waals surface area contributed by atoms with Gasteiger partial charge < -0.3 is 30.5 Å². The SMILES string of the molecule is O=C[C@H](NCc1ccccc1)[C@@H](O)[C@H](O)C(O)CO. The van der Waals surface area contributed by atoms with Gasteiger partial charge in [0.25, 0.3) is 0 Å². The Bertz CT molecular complexity index is 373. The zero-order chi connectivity index (χ0) is 14.3. The Morgan fingerprint density at radius 3 is 2.26 bits per heavy atom. The third-order valence-corrected chi connectivity index (χ3v) is 2.83. The summed E-state index contributed by atoms with van der Waals surface area (Å²) in [5, 5.41) is 40.0. The maximum atomic E-state index is 10.9. The highest BCUT2D eigenvalue weighted by molar-refractivity contribution is 5.58. The van der Waals surface area contributed by atoms with Crippen molar-refractivity contribution in [3.8, 4) is 0 Å². The fraction of sp³-hybridized carbons (Fsp3) is 0.462. The first-order chi connectivity index (χ1) is 9.10. The van der Waals surface area contributed by atoms with E-state index in [-0.39, 0.29) is 0 Å². The Morgan fingerprint density at radius 2 is 1.74 bits per heavy atom. The van der Waals surface area contributed by atoms with Crippen molar-refractivity contribution in [3.05, 3.63) is 35.9 Å². The van der Waals surface area contributed by atoms with E-state index >= 15 is 0 Å². The van der Waals surface area contributed by atoms with Crippen LogP contribution in [-0.2, 0) is 11.3 Å². The number of hydrogen-bond acceptors (Lipinski definition) is 6. The molecule has 0 aliphatic heterocycles. The molecule has 0 spiro atoms. The number of nitrogens with one attached hydrogen (secondary N) is 1.